The number of nitrogens with zero attached hydrogens (tertiary/aromatic N) is 2. The third-order valence-corrected chi connectivity index (χ3v) is 13.1. The highest BCUT2D eigenvalue weighted by atomic mass is 15.1. The van der Waals surface area contributed by atoms with Crippen molar-refractivity contribution < 1.29 is 0 Å². The number of para-hydroxylation sites is 2. The Balaban J connectivity index is 1.19. The molecule has 1 aromatic heterocycles. The van der Waals surface area contributed by atoms with Gasteiger partial charge in [0.05, 0.1) is 22.1 Å². The number of hydrogen-bond donors (Lipinski definition) is 0. The summed E-state index contributed by atoms with van der Waals surface area (Å²) < 4.78 is 2.46. The van der Waals surface area contributed by atoms with Gasteiger partial charge in [-0.1, -0.05) is 206 Å². The quantitative estimate of drug-likeness (QED) is 0.149. The van der Waals surface area contributed by atoms with Crippen LogP contribution in [-0.2, 0) is 5.41 Å². The van der Waals surface area contributed by atoms with E-state index in [0.717, 1.165) is 28.3 Å². The van der Waals surface area contributed by atoms with Gasteiger partial charge in [0.1, 0.15) is 0 Å². The van der Waals surface area contributed by atoms with E-state index in [2.05, 4.69) is 264 Å². The summed E-state index contributed by atoms with van der Waals surface area (Å²) in [6, 6.07) is 93.4. The van der Waals surface area contributed by atoms with E-state index >= 15 is 0 Å². The molecule has 0 fully saturated rings. The fraction of sp³-hybridized carbons (Fsp3) is 0.0164. The molecule has 0 bridgehead atoms. The zero-order valence-corrected chi connectivity index (χ0v) is 34.6. The lowest BCUT2D eigenvalue weighted by atomic mass is 9.67. The van der Waals surface area contributed by atoms with Gasteiger partial charge in [0.2, 0.25) is 0 Å². The van der Waals surface area contributed by atoms with Gasteiger partial charge in [-0.3, -0.25) is 0 Å². The lowest BCUT2D eigenvalue weighted by Crippen LogP contribution is -2.28. The van der Waals surface area contributed by atoms with E-state index in [9.17, 15) is 0 Å². The van der Waals surface area contributed by atoms with Crippen molar-refractivity contribution in [1.82, 2.24) is 4.57 Å². The van der Waals surface area contributed by atoms with Crippen LogP contribution < -0.4 is 4.90 Å². The van der Waals surface area contributed by atoms with Crippen LogP contribution in [0.15, 0.2) is 255 Å². The highest BCUT2D eigenvalue weighted by Gasteiger charge is 2.46. The summed E-state index contributed by atoms with van der Waals surface area (Å²) >= 11 is 0. The fourth-order valence-electron chi connectivity index (χ4n) is 10.4. The molecule has 1 aliphatic rings. The summed E-state index contributed by atoms with van der Waals surface area (Å²) in [5, 5.41) is 2.44. The van der Waals surface area contributed by atoms with Crippen molar-refractivity contribution >= 4 is 38.9 Å². The van der Waals surface area contributed by atoms with Crippen LogP contribution in [0.3, 0.4) is 0 Å². The molecule has 1 heterocycles. The van der Waals surface area contributed by atoms with Crippen molar-refractivity contribution in [3.05, 3.63) is 277 Å². The summed E-state index contributed by atoms with van der Waals surface area (Å²) in [6.07, 6.45) is 0. The molecule has 11 aromatic rings. The minimum Gasteiger partial charge on any atom is -0.310 e. The average molecular weight is 803 g/mol. The zero-order valence-electron chi connectivity index (χ0n) is 34.6. The van der Waals surface area contributed by atoms with Crippen molar-refractivity contribution in [2.75, 3.05) is 4.90 Å². The number of benzene rings is 10. The lowest BCUT2D eigenvalue weighted by molar-refractivity contribution is 0.768. The minimum atomic E-state index is -0.542. The first-order valence-corrected chi connectivity index (χ1v) is 21.8. The number of anilines is 3. The Labute approximate surface area is 368 Å². The highest BCUT2D eigenvalue weighted by Crippen LogP contribution is 2.58. The maximum absolute atomic E-state index is 2.49. The average Bonchev–Trinajstić information content (AvgIpc) is 3.86. The van der Waals surface area contributed by atoms with Gasteiger partial charge < -0.3 is 9.47 Å². The molecule has 0 saturated heterocycles. The van der Waals surface area contributed by atoms with E-state index in [4.69, 9.17) is 0 Å². The smallest absolute Gasteiger partial charge is 0.0714 e. The van der Waals surface area contributed by atoms with Gasteiger partial charge in [0.15, 0.2) is 0 Å². The van der Waals surface area contributed by atoms with Gasteiger partial charge in [-0.05, 0) is 98.6 Å². The molecule has 0 aliphatic heterocycles. The topological polar surface area (TPSA) is 8.17 Å². The molecule has 0 saturated carbocycles. The fourth-order valence-corrected chi connectivity index (χ4v) is 10.4. The van der Waals surface area contributed by atoms with Crippen LogP contribution in [0, 0.1) is 0 Å². The third-order valence-electron chi connectivity index (χ3n) is 13.1. The molecule has 0 spiro atoms. The van der Waals surface area contributed by atoms with Crippen LogP contribution in [0.2, 0.25) is 0 Å². The van der Waals surface area contributed by atoms with Crippen molar-refractivity contribution in [2.45, 2.75) is 5.41 Å². The van der Waals surface area contributed by atoms with Crippen molar-refractivity contribution in [2.24, 2.45) is 0 Å². The van der Waals surface area contributed by atoms with Crippen molar-refractivity contribution in [3.8, 4) is 39.1 Å². The molecule has 0 N–H and O–H groups in total. The van der Waals surface area contributed by atoms with Crippen LogP contribution in [0.1, 0.15) is 22.3 Å². The predicted molar refractivity (Wildman–Crippen MR) is 264 cm³/mol. The van der Waals surface area contributed by atoms with Gasteiger partial charge >= 0.3 is 0 Å². The number of aromatic nitrogens is 1. The second-order valence-electron chi connectivity index (χ2n) is 16.4. The summed E-state index contributed by atoms with van der Waals surface area (Å²) in [6.45, 7) is 0. The van der Waals surface area contributed by atoms with E-state index in [0.29, 0.717) is 0 Å². The minimum absolute atomic E-state index is 0.542. The Hall–Kier alpha value is -8.20. The highest BCUT2D eigenvalue weighted by molar-refractivity contribution is 6.17. The first kappa shape index (κ1) is 36.6. The first-order valence-electron chi connectivity index (χ1n) is 21.8. The van der Waals surface area contributed by atoms with Crippen LogP contribution in [0.5, 0.6) is 0 Å². The molecule has 0 radical (unpaired) electrons. The summed E-state index contributed by atoms with van der Waals surface area (Å²) in [5.74, 6) is 0. The molecule has 0 atom stereocenters. The van der Waals surface area contributed by atoms with Gasteiger partial charge in [0.25, 0.3) is 0 Å². The molecule has 1 aliphatic carbocycles. The third kappa shape index (κ3) is 5.80. The van der Waals surface area contributed by atoms with E-state index in [-0.39, 0.29) is 0 Å². The molecule has 10 aromatic carbocycles. The second-order valence-corrected chi connectivity index (χ2v) is 16.4. The molecule has 2 nitrogen and oxygen atoms in total. The molecule has 12 rings (SSSR count). The monoisotopic (exact) mass is 802 g/mol. The van der Waals surface area contributed by atoms with E-state index in [1.54, 1.807) is 0 Å². The Morgan fingerprint density at radius 1 is 0.349 bits per heavy atom. The van der Waals surface area contributed by atoms with E-state index in [1.165, 1.54) is 71.9 Å². The summed E-state index contributed by atoms with van der Waals surface area (Å²) in [4.78, 5) is 2.49. The van der Waals surface area contributed by atoms with E-state index in [1.807, 2.05) is 0 Å². The zero-order chi connectivity index (χ0) is 41.7. The molecule has 0 unspecified atom stereocenters. The van der Waals surface area contributed by atoms with Crippen LogP contribution >= 0.6 is 0 Å². The molecule has 2 heteroatoms. The number of rotatable bonds is 8. The maximum Gasteiger partial charge on any atom is 0.0714 e. The molecule has 63 heavy (non-hydrogen) atoms. The lowest BCUT2D eigenvalue weighted by Gasteiger charge is -2.35. The number of hydrogen-bond acceptors (Lipinski definition) is 1. The molecular formula is C61H42N2. The standard InChI is InChI=1S/C61H42N2/c1-6-20-43(21-7-1)44-34-36-49(37-35-44)62(50-38-39-52-51-30-16-18-32-55(51)61(56(52)42-50,46-24-10-3-11-25-46)47-26-12-4-13-27-47)58-41-40-54-53-31-17-19-33-57(53)63(48-28-14-5-15-29-48)60(54)59(58)45-22-8-2-9-23-45/h1-42H. The number of fused-ring (bicyclic) bond motifs is 6. The van der Waals surface area contributed by atoms with Gasteiger partial charge in [-0.25, -0.2) is 0 Å². The normalized spacial score (nSPS) is 12.6. The first-order chi connectivity index (χ1) is 31.3. The van der Waals surface area contributed by atoms with Crippen molar-refractivity contribution in [3.63, 3.8) is 0 Å². The summed E-state index contributed by atoms with van der Waals surface area (Å²) in [5.41, 5.74) is 18.5. The Morgan fingerprint density at radius 3 is 1.56 bits per heavy atom. The van der Waals surface area contributed by atoms with Gasteiger partial charge in [-0.2, -0.15) is 0 Å². The Kier molecular flexibility index (Phi) is 8.76. The van der Waals surface area contributed by atoms with Crippen LogP contribution in [0.25, 0.3) is 60.9 Å². The second kappa shape index (κ2) is 15.1. The Morgan fingerprint density at radius 2 is 0.873 bits per heavy atom. The molecular weight excluding hydrogens is 761 g/mol. The van der Waals surface area contributed by atoms with Crippen molar-refractivity contribution in [1.29, 1.82) is 0 Å². The Bertz CT molecular complexity index is 3370. The SMILES string of the molecule is c1ccc(-c2ccc(N(c3ccc4c(c3)C(c3ccccc3)(c3ccccc3)c3ccccc3-4)c3ccc4c5ccccc5n(-c5ccccc5)c4c3-c3ccccc3)cc2)cc1. The maximum atomic E-state index is 2.49. The van der Waals surface area contributed by atoms with Gasteiger partial charge in [-0.15, -0.1) is 0 Å². The largest absolute Gasteiger partial charge is 0.310 e. The van der Waals surface area contributed by atoms with Crippen LogP contribution in [0.4, 0.5) is 17.1 Å². The molecule has 0 amide bonds. The predicted octanol–water partition coefficient (Wildman–Crippen LogP) is 16.0. The van der Waals surface area contributed by atoms with E-state index < -0.39 is 5.41 Å². The van der Waals surface area contributed by atoms with Gasteiger partial charge in [0, 0.05) is 33.4 Å². The summed E-state index contributed by atoms with van der Waals surface area (Å²) in [7, 11) is 0. The van der Waals surface area contributed by atoms with Crippen LogP contribution in [-0.4, -0.2) is 4.57 Å². The molecule has 296 valence electrons.